The first kappa shape index (κ1) is 16.8. The van der Waals surface area contributed by atoms with E-state index in [0.29, 0.717) is 17.0 Å². The summed E-state index contributed by atoms with van der Waals surface area (Å²) in [6, 6.07) is 12.4. The van der Waals surface area contributed by atoms with Crippen molar-refractivity contribution in [3.05, 3.63) is 53.6 Å². The molecule has 0 unspecified atom stereocenters. The van der Waals surface area contributed by atoms with Crippen molar-refractivity contribution in [3.8, 4) is 11.5 Å². The van der Waals surface area contributed by atoms with Crippen molar-refractivity contribution in [2.75, 3.05) is 19.5 Å². The van der Waals surface area contributed by atoms with Crippen LogP contribution in [0.4, 0.5) is 5.69 Å². The van der Waals surface area contributed by atoms with Crippen LogP contribution in [0.1, 0.15) is 28.3 Å². The molecule has 0 spiro atoms. The lowest BCUT2D eigenvalue weighted by Gasteiger charge is -2.11. The highest BCUT2D eigenvalue weighted by Crippen LogP contribution is 2.48. The second-order valence-electron chi connectivity index (χ2n) is 5.99. The number of nitrogens with one attached hydrogen (secondary N) is 1. The highest BCUT2D eigenvalue weighted by atomic mass is 16.5. The summed E-state index contributed by atoms with van der Waals surface area (Å²) in [5, 5.41) is 2.84. The van der Waals surface area contributed by atoms with Crippen LogP contribution in [0.3, 0.4) is 0 Å². The molecule has 1 aliphatic rings. The lowest BCUT2D eigenvalue weighted by Crippen LogP contribution is -2.17. The van der Waals surface area contributed by atoms with Crippen LogP contribution in [-0.4, -0.2) is 26.0 Å². The van der Waals surface area contributed by atoms with Gasteiger partial charge in [-0.1, -0.05) is 12.1 Å². The average Bonchev–Trinajstić information content (AvgIpc) is 3.42. The summed E-state index contributed by atoms with van der Waals surface area (Å²) in [4.78, 5) is 23.9. The van der Waals surface area contributed by atoms with Crippen LogP contribution >= 0.6 is 0 Å². The zero-order valence-electron chi connectivity index (χ0n) is 14.1. The number of rotatable bonds is 6. The Bertz CT molecular complexity index is 802. The zero-order valence-corrected chi connectivity index (χ0v) is 14.1. The van der Waals surface area contributed by atoms with Crippen LogP contribution in [0.15, 0.2) is 42.5 Å². The summed E-state index contributed by atoms with van der Waals surface area (Å²) in [6.45, 7) is 0. The Morgan fingerprint density at radius 1 is 1.08 bits per heavy atom. The third-order valence-electron chi connectivity index (χ3n) is 4.41. The second kappa shape index (κ2) is 6.84. The molecular formula is C19H20N2O4. The smallest absolute Gasteiger partial charge is 0.248 e. The van der Waals surface area contributed by atoms with E-state index in [1.807, 2.05) is 24.3 Å². The predicted molar refractivity (Wildman–Crippen MR) is 94.0 cm³/mol. The third kappa shape index (κ3) is 3.57. The van der Waals surface area contributed by atoms with Gasteiger partial charge in [0.05, 0.1) is 19.9 Å². The molecule has 6 nitrogen and oxygen atoms in total. The lowest BCUT2D eigenvalue weighted by molar-refractivity contribution is -0.117. The van der Waals surface area contributed by atoms with E-state index in [9.17, 15) is 9.59 Å². The van der Waals surface area contributed by atoms with Crippen LogP contribution in [0.25, 0.3) is 0 Å². The normalized spacial score (nSPS) is 18.3. The molecule has 0 saturated heterocycles. The van der Waals surface area contributed by atoms with Gasteiger partial charge in [-0.15, -0.1) is 0 Å². The average molecular weight is 340 g/mol. The number of carbonyl (C=O) groups is 2. The van der Waals surface area contributed by atoms with Gasteiger partial charge in [0.2, 0.25) is 11.8 Å². The molecule has 3 rings (SSSR count). The number of nitrogens with two attached hydrogens (primary N) is 1. The fourth-order valence-electron chi connectivity index (χ4n) is 2.89. The van der Waals surface area contributed by atoms with Gasteiger partial charge in [0.1, 0.15) is 11.5 Å². The summed E-state index contributed by atoms with van der Waals surface area (Å²) >= 11 is 0. The molecule has 0 aliphatic heterocycles. The van der Waals surface area contributed by atoms with Crippen molar-refractivity contribution < 1.29 is 19.1 Å². The summed E-state index contributed by atoms with van der Waals surface area (Å²) in [6.07, 6.45) is 0.788. The van der Waals surface area contributed by atoms with Gasteiger partial charge in [0, 0.05) is 11.5 Å². The number of anilines is 1. The van der Waals surface area contributed by atoms with Crippen molar-refractivity contribution in [2.24, 2.45) is 11.7 Å². The Hall–Kier alpha value is -3.02. The van der Waals surface area contributed by atoms with E-state index in [2.05, 4.69) is 5.32 Å². The Labute approximate surface area is 145 Å². The Kier molecular flexibility index (Phi) is 4.61. The van der Waals surface area contributed by atoms with Crippen LogP contribution in [0.2, 0.25) is 0 Å². The number of ether oxygens (including phenoxy) is 2. The second-order valence-corrected chi connectivity index (χ2v) is 5.99. The van der Waals surface area contributed by atoms with Crippen LogP contribution < -0.4 is 20.5 Å². The van der Waals surface area contributed by atoms with Crippen LogP contribution in [-0.2, 0) is 4.79 Å². The SMILES string of the molecule is COc1ccc([C@H]2C[C@@H]2C(=O)Nc2cc(C(N)=O)ccc2OC)cc1. The maximum atomic E-state index is 12.5. The van der Waals surface area contributed by atoms with Gasteiger partial charge >= 0.3 is 0 Å². The third-order valence-corrected chi connectivity index (χ3v) is 4.41. The van der Waals surface area contributed by atoms with Crippen molar-refractivity contribution >= 4 is 17.5 Å². The molecule has 1 saturated carbocycles. The maximum Gasteiger partial charge on any atom is 0.248 e. The van der Waals surface area contributed by atoms with Crippen LogP contribution in [0, 0.1) is 5.92 Å². The number of carbonyl (C=O) groups excluding carboxylic acids is 2. The number of methoxy groups -OCH3 is 2. The quantitative estimate of drug-likeness (QED) is 0.845. The first-order valence-corrected chi connectivity index (χ1v) is 7.96. The summed E-state index contributed by atoms with van der Waals surface area (Å²) in [5.41, 5.74) is 7.17. The minimum Gasteiger partial charge on any atom is -0.497 e. The first-order chi connectivity index (χ1) is 12.0. The van der Waals surface area contributed by atoms with Gasteiger partial charge in [-0.05, 0) is 48.2 Å². The molecule has 6 heteroatoms. The fourth-order valence-corrected chi connectivity index (χ4v) is 2.89. The number of primary amides is 1. The van der Waals surface area contributed by atoms with E-state index in [-0.39, 0.29) is 17.7 Å². The van der Waals surface area contributed by atoms with E-state index in [1.165, 1.54) is 13.2 Å². The molecule has 25 heavy (non-hydrogen) atoms. The monoisotopic (exact) mass is 340 g/mol. The molecule has 0 bridgehead atoms. The Balaban J connectivity index is 1.71. The highest BCUT2D eigenvalue weighted by Gasteiger charge is 2.44. The van der Waals surface area contributed by atoms with E-state index in [0.717, 1.165) is 17.7 Å². The largest absolute Gasteiger partial charge is 0.497 e. The van der Waals surface area contributed by atoms with E-state index < -0.39 is 5.91 Å². The standard InChI is InChI=1S/C19H20N2O4/c1-24-13-6-3-11(4-7-13)14-10-15(14)19(23)21-16-9-12(18(20)22)5-8-17(16)25-2/h3-9,14-15H,10H2,1-2H3,(H2,20,22)(H,21,23)/t14-,15+/m1/s1. The molecule has 130 valence electrons. The van der Waals surface area contributed by atoms with Gasteiger partial charge in [-0.25, -0.2) is 0 Å². The molecule has 0 radical (unpaired) electrons. The zero-order chi connectivity index (χ0) is 18.0. The van der Waals surface area contributed by atoms with Crippen molar-refractivity contribution in [1.29, 1.82) is 0 Å². The summed E-state index contributed by atoms with van der Waals surface area (Å²) in [5.74, 6) is 0.714. The van der Waals surface area contributed by atoms with Gasteiger partial charge in [-0.2, -0.15) is 0 Å². The van der Waals surface area contributed by atoms with Crippen LogP contribution in [0.5, 0.6) is 11.5 Å². The predicted octanol–water partition coefficient (Wildman–Crippen LogP) is 2.54. The molecule has 2 aromatic rings. The molecule has 0 heterocycles. The Morgan fingerprint density at radius 2 is 1.80 bits per heavy atom. The van der Waals surface area contributed by atoms with Crippen molar-refractivity contribution in [3.63, 3.8) is 0 Å². The molecule has 2 atom stereocenters. The maximum absolute atomic E-state index is 12.5. The topological polar surface area (TPSA) is 90.6 Å². The van der Waals surface area contributed by atoms with Gasteiger partial charge in [-0.3, -0.25) is 9.59 Å². The number of amides is 2. The fraction of sp³-hybridized carbons (Fsp3) is 0.263. The molecule has 1 fully saturated rings. The van der Waals surface area contributed by atoms with Gasteiger partial charge in [0.25, 0.3) is 0 Å². The summed E-state index contributed by atoms with van der Waals surface area (Å²) < 4.78 is 10.4. The van der Waals surface area contributed by atoms with Crippen molar-refractivity contribution in [1.82, 2.24) is 0 Å². The van der Waals surface area contributed by atoms with E-state index in [1.54, 1.807) is 19.2 Å². The molecule has 2 amide bonds. The minimum absolute atomic E-state index is 0.0965. The molecule has 0 aromatic heterocycles. The van der Waals surface area contributed by atoms with Crippen molar-refractivity contribution in [2.45, 2.75) is 12.3 Å². The highest BCUT2D eigenvalue weighted by molar-refractivity contribution is 5.99. The number of benzene rings is 2. The summed E-state index contributed by atoms with van der Waals surface area (Å²) in [7, 11) is 3.13. The molecular weight excluding hydrogens is 320 g/mol. The minimum atomic E-state index is -0.555. The Morgan fingerprint density at radius 3 is 2.40 bits per heavy atom. The van der Waals surface area contributed by atoms with Gasteiger partial charge < -0.3 is 20.5 Å². The lowest BCUT2D eigenvalue weighted by atomic mass is 10.1. The number of hydrogen-bond donors (Lipinski definition) is 2. The molecule has 3 N–H and O–H groups in total. The molecule has 1 aliphatic carbocycles. The van der Waals surface area contributed by atoms with Gasteiger partial charge in [0.15, 0.2) is 0 Å². The first-order valence-electron chi connectivity index (χ1n) is 7.96. The van der Waals surface area contributed by atoms with E-state index in [4.69, 9.17) is 15.2 Å². The molecule has 2 aromatic carbocycles. The van der Waals surface area contributed by atoms with E-state index >= 15 is 0 Å². The number of hydrogen-bond acceptors (Lipinski definition) is 4.